The molecule has 0 aliphatic heterocycles. The molecule has 1 aromatic heterocycles. The second kappa shape index (κ2) is 7.81. The molecule has 1 heterocycles. The Bertz CT molecular complexity index is 489. The molecule has 18 heavy (non-hydrogen) atoms. The van der Waals surface area contributed by atoms with Crippen LogP contribution in [0.2, 0.25) is 0 Å². The standard InChI is InChI=1S/C13H14Br2N2S/c1-4-12-16-11(13(15)17(12)5-2)9-18-8-6-7-10(3)14/h4-7H,1-3,8-9H2/b7-6-. The van der Waals surface area contributed by atoms with Crippen LogP contribution in [0.25, 0.3) is 12.3 Å². The van der Waals surface area contributed by atoms with Crippen molar-refractivity contribution in [1.29, 1.82) is 0 Å². The summed E-state index contributed by atoms with van der Waals surface area (Å²) in [4.78, 5) is 4.49. The molecule has 0 spiro atoms. The quantitative estimate of drug-likeness (QED) is 0.477. The molecule has 0 aliphatic rings. The zero-order chi connectivity index (χ0) is 13.5. The van der Waals surface area contributed by atoms with Crippen LogP contribution in [0.15, 0.2) is 41.0 Å². The maximum Gasteiger partial charge on any atom is 0.137 e. The van der Waals surface area contributed by atoms with Crippen molar-refractivity contribution in [3.05, 3.63) is 52.5 Å². The summed E-state index contributed by atoms with van der Waals surface area (Å²) in [6.45, 7) is 11.2. The molecule has 1 rings (SSSR count). The van der Waals surface area contributed by atoms with E-state index in [2.05, 4.69) is 62.7 Å². The van der Waals surface area contributed by atoms with E-state index in [1.165, 1.54) is 0 Å². The van der Waals surface area contributed by atoms with Crippen molar-refractivity contribution in [2.75, 3.05) is 5.75 Å². The molecule has 0 saturated heterocycles. The van der Waals surface area contributed by atoms with E-state index in [4.69, 9.17) is 0 Å². The molecule has 0 amide bonds. The number of halogens is 2. The minimum Gasteiger partial charge on any atom is -0.295 e. The van der Waals surface area contributed by atoms with E-state index in [9.17, 15) is 0 Å². The minimum absolute atomic E-state index is 0.803. The minimum atomic E-state index is 0.803. The van der Waals surface area contributed by atoms with E-state index < -0.39 is 0 Å². The molecule has 0 aromatic carbocycles. The number of allylic oxidation sites excluding steroid dienone is 2. The van der Waals surface area contributed by atoms with Crippen LogP contribution in [0.5, 0.6) is 0 Å². The Kier molecular flexibility index (Phi) is 6.75. The predicted octanol–water partition coefficient (Wildman–Crippen LogP) is 5.09. The summed E-state index contributed by atoms with van der Waals surface area (Å²) in [5.74, 6) is 2.56. The van der Waals surface area contributed by atoms with E-state index in [-0.39, 0.29) is 0 Å². The van der Waals surface area contributed by atoms with Crippen molar-refractivity contribution < 1.29 is 0 Å². The molecule has 0 bridgehead atoms. The van der Waals surface area contributed by atoms with Gasteiger partial charge >= 0.3 is 0 Å². The fourth-order valence-corrected chi connectivity index (χ4v) is 2.96. The fourth-order valence-electron chi connectivity index (χ4n) is 1.29. The SMILES string of the molecule is C=Cc1nc(CSC/C=C\C(=C)Br)c(Br)n1C=C. The van der Waals surface area contributed by atoms with E-state index in [1.807, 2.05) is 10.6 Å². The third kappa shape index (κ3) is 4.30. The van der Waals surface area contributed by atoms with Gasteiger partial charge in [0.25, 0.3) is 0 Å². The lowest BCUT2D eigenvalue weighted by Crippen LogP contribution is -1.88. The van der Waals surface area contributed by atoms with Crippen LogP contribution in [-0.2, 0) is 5.75 Å². The van der Waals surface area contributed by atoms with E-state index in [0.717, 1.165) is 32.1 Å². The maximum absolute atomic E-state index is 4.49. The monoisotopic (exact) mass is 388 g/mol. The van der Waals surface area contributed by atoms with Gasteiger partial charge < -0.3 is 0 Å². The lowest BCUT2D eigenvalue weighted by atomic mass is 10.5. The first kappa shape index (κ1) is 15.5. The van der Waals surface area contributed by atoms with Crippen LogP contribution < -0.4 is 0 Å². The highest BCUT2D eigenvalue weighted by molar-refractivity contribution is 9.11. The van der Waals surface area contributed by atoms with Gasteiger partial charge in [-0.2, -0.15) is 11.8 Å². The smallest absolute Gasteiger partial charge is 0.137 e. The Morgan fingerprint density at radius 3 is 2.67 bits per heavy atom. The molecular weight excluding hydrogens is 376 g/mol. The fraction of sp³-hybridized carbons (Fsp3) is 0.154. The second-order valence-corrected chi connectivity index (χ2v) is 6.13. The molecule has 2 nitrogen and oxygen atoms in total. The second-order valence-electron chi connectivity index (χ2n) is 3.33. The van der Waals surface area contributed by atoms with Gasteiger partial charge in [-0.05, 0) is 22.0 Å². The molecule has 0 atom stereocenters. The number of hydrogen-bond donors (Lipinski definition) is 0. The normalized spacial score (nSPS) is 10.8. The first-order valence-electron chi connectivity index (χ1n) is 5.20. The van der Waals surface area contributed by atoms with Crippen molar-refractivity contribution in [3.8, 4) is 0 Å². The topological polar surface area (TPSA) is 17.8 Å². The zero-order valence-electron chi connectivity index (χ0n) is 9.90. The van der Waals surface area contributed by atoms with Crippen molar-refractivity contribution in [2.24, 2.45) is 0 Å². The predicted molar refractivity (Wildman–Crippen MR) is 89.8 cm³/mol. The summed E-state index contributed by atoms with van der Waals surface area (Å²) >= 11 is 8.59. The van der Waals surface area contributed by atoms with Gasteiger partial charge in [0.1, 0.15) is 10.4 Å². The van der Waals surface area contributed by atoms with Gasteiger partial charge in [0.15, 0.2) is 0 Å². The lowest BCUT2D eigenvalue weighted by molar-refractivity contribution is 1.09. The molecule has 0 unspecified atom stereocenters. The molecule has 0 N–H and O–H groups in total. The van der Waals surface area contributed by atoms with Crippen LogP contribution in [0.4, 0.5) is 0 Å². The number of thioether (sulfide) groups is 1. The molecule has 0 saturated carbocycles. The van der Waals surface area contributed by atoms with Crippen molar-refractivity contribution >= 4 is 55.9 Å². The summed E-state index contributed by atoms with van der Waals surface area (Å²) in [6.07, 6.45) is 7.44. The molecule has 0 radical (unpaired) electrons. The van der Waals surface area contributed by atoms with Gasteiger partial charge in [0, 0.05) is 22.2 Å². The Hall–Kier alpha value is -0.520. The third-order valence-corrected chi connectivity index (χ3v) is 4.07. The lowest BCUT2D eigenvalue weighted by Gasteiger charge is -1.98. The molecular formula is C13H14Br2N2S. The van der Waals surface area contributed by atoms with Gasteiger partial charge in [-0.3, -0.25) is 4.57 Å². The largest absolute Gasteiger partial charge is 0.295 e. The third-order valence-electron chi connectivity index (χ3n) is 2.06. The maximum atomic E-state index is 4.49. The van der Waals surface area contributed by atoms with Crippen LogP contribution in [0.1, 0.15) is 11.5 Å². The molecule has 0 fully saturated rings. The highest BCUT2D eigenvalue weighted by Crippen LogP contribution is 2.24. The first-order chi connectivity index (χ1) is 8.60. The number of rotatable bonds is 7. The summed E-state index contributed by atoms with van der Waals surface area (Å²) in [6, 6.07) is 0. The molecule has 5 heteroatoms. The van der Waals surface area contributed by atoms with Crippen molar-refractivity contribution in [3.63, 3.8) is 0 Å². The Labute approximate surface area is 129 Å². The van der Waals surface area contributed by atoms with Crippen molar-refractivity contribution in [1.82, 2.24) is 9.55 Å². The van der Waals surface area contributed by atoms with Gasteiger partial charge in [-0.1, -0.05) is 47.8 Å². The number of aromatic nitrogens is 2. The molecule has 0 aliphatic carbocycles. The highest BCUT2D eigenvalue weighted by Gasteiger charge is 2.10. The zero-order valence-corrected chi connectivity index (χ0v) is 13.9. The number of imidazole rings is 1. The van der Waals surface area contributed by atoms with Gasteiger partial charge in [0.2, 0.25) is 0 Å². The van der Waals surface area contributed by atoms with Crippen LogP contribution in [0, 0.1) is 0 Å². The van der Waals surface area contributed by atoms with Gasteiger partial charge in [0.05, 0.1) is 5.69 Å². The first-order valence-corrected chi connectivity index (χ1v) is 7.94. The van der Waals surface area contributed by atoms with E-state index >= 15 is 0 Å². The van der Waals surface area contributed by atoms with Gasteiger partial charge in [-0.25, -0.2) is 4.98 Å². The van der Waals surface area contributed by atoms with Gasteiger partial charge in [-0.15, -0.1) is 0 Å². The van der Waals surface area contributed by atoms with Crippen LogP contribution in [0.3, 0.4) is 0 Å². The van der Waals surface area contributed by atoms with E-state index in [1.54, 1.807) is 24.0 Å². The average molecular weight is 390 g/mol. The summed E-state index contributed by atoms with van der Waals surface area (Å²) in [7, 11) is 0. The summed E-state index contributed by atoms with van der Waals surface area (Å²) < 4.78 is 3.70. The molecule has 1 aromatic rings. The highest BCUT2D eigenvalue weighted by atomic mass is 79.9. The summed E-state index contributed by atoms with van der Waals surface area (Å²) in [5, 5.41) is 0. The Morgan fingerprint density at radius 2 is 2.17 bits per heavy atom. The Balaban J connectivity index is 2.63. The molecule has 96 valence electrons. The average Bonchev–Trinajstić information content (AvgIpc) is 2.64. The number of hydrogen-bond acceptors (Lipinski definition) is 2. The summed E-state index contributed by atoms with van der Waals surface area (Å²) in [5.41, 5.74) is 1.00. The van der Waals surface area contributed by atoms with Crippen LogP contribution in [-0.4, -0.2) is 15.3 Å². The van der Waals surface area contributed by atoms with Crippen LogP contribution >= 0.6 is 43.6 Å². The Morgan fingerprint density at radius 1 is 1.44 bits per heavy atom. The number of nitrogens with zero attached hydrogens (tertiary/aromatic N) is 2. The van der Waals surface area contributed by atoms with Crippen molar-refractivity contribution in [2.45, 2.75) is 5.75 Å². The van der Waals surface area contributed by atoms with E-state index in [0.29, 0.717) is 0 Å².